The molecule has 112 valence electrons. The van der Waals surface area contributed by atoms with Gasteiger partial charge in [-0.1, -0.05) is 30.5 Å². The van der Waals surface area contributed by atoms with E-state index >= 15 is 0 Å². The summed E-state index contributed by atoms with van der Waals surface area (Å²) in [6, 6.07) is 5.61. The molecule has 1 aliphatic heterocycles. The van der Waals surface area contributed by atoms with Crippen molar-refractivity contribution in [2.75, 3.05) is 13.2 Å². The molecule has 0 aromatic heterocycles. The molecule has 1 aromatic carbocycles. The molecule has 0 N–H and O–H groups in total. The summed E-state index contributed by atoms with van der Waals surface area (Å²) in [6.07, 6.45) is 8.38. The molecular formula is C17H20ClNO2. The molecule has 0 unspecified atom stereocenters. The molecule has 1 aliphatic carbocycles. The average molecular weight is 306 g/mol. The molecule has 2 aliphatic rings. The highest BCUT2D eigenvalue weighted by Gasteiger charge is 2.27. The standard InChI is InChI=1S/C17H20ClNO2/c18-15-7-8-16-14(11-15)12-19(9-3-4-10-21-16)17(20)13-5-1-2-6-13/h3-4,7-8,11,13H,1-2,5-6,9-10,12H2/b4-3-. The molecule has 0 spiro atoms. The van der Waals surface area contributed by atoms with Gasteiger partial charge < -0.3 is 9.64 Å². The van der Waals surface area contributed by atoms with E-state index in [1.54, 1.807) is 0 Å². The van der Waals surface area contributed by atoms with Crippen LogP contribution in [-0.2, 0) is 11.3 Å². The first kappa shape index (κ1) is 14.5. The van der Waals surface area contributed by atoms with E-state index in [-0.39, 0.29) is 11.8 Å². The molecule has 1 amide bonds. The molecule has 3 nitrogen and oxygen atoms in total. The molecule has 1 aromatic rings. The second-order valence-electron chi connectivity index (χ2n) is 5.73. The van der Waals surface area contributed by atoms with Crippen molar-refractivity contribution in [3.05, 3.63) is 40.9 Å². The van der Waals surface area contributed by atoms with Crippen molar-refractivity contribution >= 4 is 17.5 Å². The van der Waals surface area contributed by atoms with Crippen LogP contribution in [0.4, 0.5) is 0 Å². The highest BCUT2D eigenvalue weighted by atomic mass is 35.5. The first-order chi connectivity index (χ1) is 10.2. The van der Waals surface area contributed by atoms with Crippen LogP contribution < -0.4 is 4.74 Å². The Morgan fingerprint density at radius 3 is 2.86 bits per heavy atom. The number of carbonyl (C=O) groups is 1. The minimum absolute atomic E-state index is 0.197. The van der Waals surface area contributed by atoms with Gasteiger partial charge in [-0.05, 0) is 37.1 Å². The van der Waals surface area contributed by atoms with Crippen LogP contribution in [0.25, 0.3) is 0 Å². The topological polar surface area (TPSA) is 29.5 Å². The summed E-state index contributed by atoms with van der Waals surface area (Å²) in [5, 5.41) is 0.679. The van der Waals surface area contributed by atoms with Crippen molar-refractivity contribution < 1.29 is 9.53 Å². The summed E-state index contributed by atoms with van der Waals surface area (Å²) in [7, 11) is 0. The van der Waals surface area contributed by atoms with Crippen LogP contribution in [0.5, 0.6) is 5.75 Å². The molecule has 1 fully saturated rings. The summed E-state index contributed by atoms with van der Waals surface area (Å²) in [4.78, 5) is 14.6. The third kappa shape index (κ3) is 3.41. The maximum absolute atomic E-state index is 12.7. The summed E-state index contributed by atoms with van der Waals surface area (Å²) < 4.78 is 5.73. The fourth-order valence-electron chi connectivity index (χ4n) is 3.09. The van der Waals surface area contributed by atoms with E-state index in [2.05, 4.69) is 0 Å². The summed E-state index contributed by atoms with van der Waals surface area (Å²) in [6.45, 7) is 1.74. The van der Waals surface area contributed by atoms with Crippen molar-refractivity contribution in [2.45, 2.75) is 32.2 Å². The van der Waals surface area contributed by atoms with Crippen molar-refractivity contribution in [3.63, 3.8) is 0 Å². The number of benzene rings is 1. The molecule has 1 saturated carbocycles. The second-order valence-corrected chi connectivity index (χ2v) is 6.17. The molecule has 3 rings (SSSR count). The van der Waals surface area contributed by atoms with Crippen LogP contribution in [0.1, 0.15) is 31.2 Å². The lowest BCUT2D eigenvalue weighted by Gasteiger charge is -2.25. The Bertz CT molecular complexity index is 550. The zero-order chi connectivity index (χ0) is 14.7. The second kappa shape index (κ2) is 6.52. The van der Waals surface area contributed by atoms with E-state index in [4.69, 9.17) is 16.3 Å². The Hall–Kier alpha value is -1.48. The normalized spacial score (nSPS) is 20.9. The van der Waals surface area contributed by atoms with Crippen LogP contribution >= 0.6 is 11.6 Å². The predicted octanol–water partition coefficient (Wildman–Crippen LogP) is 3.81. The fraction of sp³-hybridized carbons (Fsp3) is 0.471. The molecule has 4 heteroatoms. The SMILES string of the molecule is O=C(C1CCCC1)N1C/C=C\COc2ccc(Cl)cc2C1. The maximum atomic E-state index is 12.7. The molecule has 0 atom stereocenters. The number of fused-ring (bicyclic) bond motifs is 1. The van der Waals surface area contributed by atoms with Gasteiger partial charge in [-0.15, -0.1) is 0 Å². The first-order valence-electron chi connectivity index (χ1n) is 7.59. The number of halogens is 1. The van der Waals surface area contributed by atoms with Crippen molar-refractivity contribution in [1.82, 2.24) is 4.90 Å². The third-order valence-electron chi connectivity index (χ3n) is 4.23. The van der Waals surface area contributed by atoms with E-state index in [0.717, 1.165) is 24.2 Å². The number of carbonyl (C=O) groups excluding carboxylic acids is 1. The van der Waals surface area contributed by atoms with Crippen LogP contribution in [0.2, 0.25) is 5.02 Å². The molecule has 21 heavy (non-hydrogen) atoms. The van der Waals surface area contributed by atoms with Crippen LogP contribution in [0, 0.1) is 5.92 Å². The number of amides is 1. The fourth-order valence-corrected chi connectivity index (χ4v) is 3.28. The minimum Gasteiger partial charge on any atom is -0.489 e. The lowest BCUT2D eigenvalue weighted by molar-refractivity contribution is -0.135. The lowest BCUT2D eigenvalue weighted by Crippen LogP contribution is -2.35. The lowest BCUT2D eigenvalue weighted by atomic mass is 10.1. The van der Waals surface area contributed by atoms with Gasteiger partial charge in [0.25, 0.3) is 0 Å². The van der Waals surface area contributed by atoms with Gasteiger partial charge in [0.05, 0.1) is 0 Å². The summed E-state index contributed by atoms with van der Waals surface area (Å²) >= 11 is 6.09. The van der Waals surface area contributed by atoms with E-state index in [1.165, 1.54) is 12.8 Å². The average Bonchev–Trinajstić information content (AvgIpc) is 3.02. The highest BCUT2D eigenvalue weighted by Crippen LogP contribution is 2.29. The van der Waals surface area contributed by atoms with E-state index in [0.29, 0.717) is 24.7 Å². The quantitative estimate of drug-likeness (QED) is 0.738. The third-order valence-corrected chi connectivity index (χ3v) is 4.46. The molecule has 0 radical (unpaired) electrons. The van der Waals surface area contributed by atoms with E-state index < -0.39 is 0 Å². The Kier molecular flexibility index (Phi) is 4.49. The summed E-state index contributed by atoms with van der Waals surface area (Å²) in [5.41, 5.74) is 0.984. The predicted molar refractivity (Wildman–Crippen MR) is 83.5 cm³/mol. The van der Waals surface area contributed by atoms with Gasteiger partial charge in [-0.3, -0.25) is 4.79 Å². The minimum atomic E-state index is 0.197. The molecule has 1 heterocycles. The van der Waals surface area contributed by atoms with E-state index in [1.807, 2.05) is 35.3 Å². The zero-order valence-corrected chi connectivity index (χ0v) is 12.8. The van der Waals surface area contributed by atoms with Crippen molar-refractivity contribution in [1.29, 1.82) is 0 Å². The monoisotopic (exact) mass is 305 g/mol. The van der Waals surface area contributed by atoms with Gasteiger partial charge in [0, 0.05) is 29.6 Å². The number of ether oxygens (including phenoxy) is 1. The smallest absolute Gasteiger partial charge is 0.226 e. The maximum Gasteiger partial charge on any atom is 0.226 e. The van der Waals surface area contributed by atoms with Crippen LogP contribution in [-0.4, -0.2) is 24.0 Å². The van der Waals surface area contributed by atoms with Gasteiger partial charge in [-0.25, -0.2) is 0 Å². The molecule has 0 bridgehead atoms. The number of rotatable bonds is 1. The molecular weight excluding hydrogens is 286 g/mol. The van der Waals surface area contributed by atoms with Gasteiger partial charge in [-0.2, -0.15) is 0 Å². The summed E-state index contributed by atoms with van der Waals surface area (Å²) in [5.74, 6) is 1.28. The number of hydrogen-bond donors (Lipinski definition) is 0. The molecule has 0 saturated heterocycles. The Morgan fingerprint density at radius 2 is 2.05 bits per heavy atom. The van der Waals surface area contributed by atoms with Gasteiger partial charge in [0.15, 0.2) is 0 Å². The Balaban J connectivity index is 1.84. The first-order valence-corrected chi connectivity index (χ1v) is 7.97. The highest BCUT2D eigenvalue weighted by molar-refractivity contribution is 6.30. The Morgan fingerprint density at radius 1 is 1.24 bits per heavy atom. The van der Waals surface area contributed by atoms with Gasteiger partial charge in [0.1, 0.15) is 12.4 Å². The van der Waals surface area contributed by atoms with Crippen molar-refractivity contribution in [2.24, 2.45) is 5.92 Å². The largest absolute Gasteiger partial charge is 0.489 e. The Labute approximate surface area is 130 Å². The van der Waals surface area contributed by atoms with Crippen LogP contribution in [0.3, 0.4) is 0 Å². The zero-order valence-electron chi connectivity index (χ0n) is 12.1. The van der Waals surface area contributed by atoms with Gasteiger partial charge >= 0.3 is 0 Å². The van der Waals surface area contributed by atoms with E-state index in [9.17, 15) is 4.79 Å². The van der Waals surface area contributed by atoms with Crippen molar-refractivity contribution in [3.8, 4) is 5.75 Å². The van der Waals surface area contributed by atoms with Crippen LogP contribution in [0.15, 0.2) is 30.4 Å². The number of nitrogens with zero attached hydrogens (tertiary/aromatic N) is 1. The number of hydrogen-bond acceptors (Lipinski definition) is 2. The van der Waals surface area contributed by atoms with Gasteiger partial charge in [0.2, 0.25) is 5.91 Å².